The van der Waals surface area contributed by atoms with Crippen molar-refractivity contribution >= 4 is 17.8 Å². The largest absolute Gasteiger partial charge is 0.496 e. The number of ether oxygens (including phenoxy) is 2. The molecule has 4 saturated carbocycles. The lowest BCUT2D eigenvalue weighted by atomic mass is 9.51. The number of hydrogen-bond acceptors (Lipinski definition) is 6. The molecule has 0 unspecified atom stereocenters. The molecule has 4 aliphatic carbocycles. The number of rotatable bonds is 9. The molecule has 3 heterocycles. The smallest absolute Gasteiger partial charge is 0.410 e. The van der Waals surface area contributed by atoms with Gasteiger partial charge in [-0.2, -0.15) is 5.10 Å². The van der Waals surface area contributed by atoms with E-state index >= 15 is 0 Å². The number of fused-ring (bicyclic) bond motifs is 3. The van der Waals surface area contributed by atoms with Crippen molar-refractivity contribution in [3.8, 4) is 16.9 Å². The van der Waals surface area contributed by atoms with Gasteiger partial charge in [0.15, 0.2) is 0 Å². The number of amides is 2. The van der Waals surface area contributed by atoms with Crippen LogP contribution in [0.3, 0.4) is 0 Å². The zero-order valence-corrected chi connectivity index (χ0v) is 30.9. The molecule has 0 N–H and O–H groups in total. The standard InChI is InChI=1S/C41H55N5O4/c1-27(2)46-25-33(22-43-46)32-11-18-42-36(21-32)45(38(47)31-7-9-35(10-8-31)50-39(48)44-23-28(3)24-44)26-40-12-15-41(16-13-40,17-14-40)34-19-29(4)37(49-6)30(5)20-34/h11,18-22,25,27-28,31,35H,7-10,12-17,23-24,26H2,1-6H3. The highest BCUT2D eigenvalue weighted by Gasteiger charge is 2.51. The lowest BCUT2D eigenvalue weighted by Crippen LogP contribution is -2.52. The molecule has 5 aliphatic rings. The van der Waals surface area contributed by atoms with E-state index in [1.165, 1.54) is 16.7 Å². The van der Waals surface area contributed by atoms with Crippen LogP contribution >= 0.6 is 0 Å². The summed E-state index contributed by atoms with van der Waals surface area (Å²) < 4.78 is 13.5. The van der Waals surface area contributed by atoms with Gasteiger partial charge in [-0.15, -0.1) is 0 Å². The molecule has 9 heteroatoms. The Morgan fingerprint density at radius 2 is 1.62 bits per heavy atom. The summed E-state index contributed by atoms with van der Waals surface area (Å²) in [6, 6.07) is 9.07. The number of anilines is 1. The molecule has 268 valence electrons. The van der Waals surface area contributed by atoms with Gasteiger partial charge in [0.25, 0.3) is 0 Å². The average molecular weight is 682 g/mol. The van der Waals surface area contributed by atoms with Gasteiger partial charge in [-0.1, -0.05) is 19.1 Å². The number of pyridine rings is 1. The molecule has 50 heavy (non-hydrogen) atoms. The molecule has 2 aromatic heterocycles. The number of carbonyl (C=O) groups excluding carboxylic acids is 2. The predicted molar refractivity (Wildman–Crippen MR) is 195 cm³/mol. The Labute approximate surface area is 297 Å². The van der Waals surface area contributed by atoms with Crippen LogP contribution in [-0.2, 0) is 14.9 Å². The van der Waals surface area contributed by atoms with E-state index in [2.05, 4.69) is 64.1 Å². The van der Waals surface area contributed by atoms with Crippen molar-refractivity contribution < 1.29 is 19.1 Å². The fourth-order valence-corrected chi connectivity index (χ4v) is 9.35. The summed E-state index contributed by atoms with van der Waals surface area (Å²) in [4.78, 5) is 36.0. The second kappa shape index (κ2) is 13.7. The molecular formula is C41H55N5O4. The Bertz CT molecular complexity index is 1670. The summed E-state index contributed by atoms with van der Waals surface area (Å²) in [5.74, 6) is 2.30. The van der Waals surface area contributed by atoms with Gasteiger partial charge in [0.1, 0.15) is 17.7 Å². The van der Waals surface area contributed by atoms with Gasteiger partial charge < -0.3 is 14.4 Å². The van der Waals surface area contributed by atoms with Crippen molar-refractivity contribution in [1.29, 1.82) is 0 Å². The van der Waals surface area contributed by atoms with E-state index in [9.17, 15) is 9.59 Å². The molecule has 1 aliphatic heterocycles. The van der Waals surface area contributed by atoms with Crippen LogP contribution in [0.5, 0.6) is 5.75 Å². The third kappa shape index (κ3) is 6.64. The second-order valence-electron chi connectivity index (χ2n) is 16.4. The monoisotopic (exact) mass is 681 g/mol. The van der Waals surface area contributed by atoms with Crippen LogP contribution in [0.1, 0.15) is 108 Å². The van der Waals surface area contributed by atoms with Gasteiger partial charge in [-0.25, -0.2) is 9.78 Å². The first-order valence-corrected chi connectivity index (χ1v) is 18.9. The van der Waals surface area contributed by atoms with Gasteiger partial charge in [0.05, 0.1) is 13.3 Å². The van der Waals surface area contributed by atoms with E-state index in [1.54, 1.807) is 12.0 Å². The van der Waals surface area contributed by atoms with Gasteiger partial charge in [0.2, 0.25) is 5.91 Å². The van der Waals surface area contributed by atoms with Crippen molar-refractivity contribution in [3.63, 3.8) is 0 Å². The van der Waals surface area contributed by atoms with E-state index in [0.29, 0.717) is 12.5 Å². The summed E-state index contributed by atoms with van der Waals surface area (Å²) >= 11 is 0. The molecule has 1 aromatic carbocycles. The minimum atomic E-state index is -0.203. The normalized spacial score (nSPS) is 26.5. The highest BCUT2D eigenvalue weighted by molar-refractivity contribution is 5.95. The second-order valence-corrected chi connectivity index (χ2v) is 16.4. The number of benzene rings is 1. The number of nitrogens with zero attached hydrogens (tertiary/aromatic N) is 5. The van der Waals surface area contributed by atoms with Crippen LogP contribution in [0, 0.1) is 31.1 Å². The summed E-state index contributed by atoms with van der Waals surface area (Å²) in [6.45, 7) is 12.9. The first-order valence-electron chi connectivity index (χ1n) is 18.9. The van der Waals surface area contributed by atoms with Crippen LogP contribution in [0.4, 0.5) is 10.6 Å². The number of hydrogen-bond donors (Lipinski definition) is 0. The quantitative estimate of drug-likeness (QED) is 0.225. The zero-order valence-electron chi connectivity index (χ0n) is 30.9. The van der Waals surface area contributed by atoms with Gasteiger partial charge in [-0.3, -0.25) is 14.4 Å². The minimum absolute atomic E-state index is 0.0648. The summed E-state index contributed by atoms with van der Waals surface area (Å²) in [6.07, 6.45) is 15.0. The number of methoxy groups -OCH3 is 1. The molecule has 0 spiro atoms. The fourth-order valence-electron chi connectivity index (χ4n) is 9.35. The van der Waals surface area contributed by atoms with E-state index < -0.39 is 0 Å². The highest BCUT2D eigenvalue weighted by Crippen LogP contribution is 2.58. The third-order valence-electron chi connectivity index (χ3n) is 12.5. The molecule has 1 saturated heterocycles. The summed E-state index contributed by atoms with van der Waals surface area (Å²) in [5.41, 5.74) is 6.17. The SMILES string of the molecule is COc1c(C)cc(C23CCC(CN(C(=O)C4CCC(OC(=O)N5CC(C)C5)CC4)c4cc(-c5cnn(C(C)C)c5)ccn4)(CC2)CC3)cc1C. The summed E-state index contributed by atoms with van der Waals surface area (Å²) in [7, 11) is 1.76. The maximum atomic E-state index is 14.7. The van der Waals surface area contributed by atoms with Gasteiger partial charge >= 0.3 is 6.09 Å². The molecule has 0 atom stereocenters. The number of carbonyl (C=O) groups is 2. The molecule has 2 amide bonds. The van der Waals surface area contributed by atoms with Gasteiger partial charge in [0, 0.05) is 49.6 Å². The molecule has 0 radical (unpaired) electrons. The highest BCUT2D eigenvalue weighted by atomic mass is 16.6. The zero-order chi connectivity index (χ0) is 35.2. The van der Waals surface area contributed by atoms with Gasteiger partial charge in [-0.05, 0) is 143 Å². The molecule has 3 aromatic rings. The van der Waals surface area contributed by atoms with E-state index in [-0.39, 0.29) is 40.9 Å². The molecular weight excluding hydrogens is 626 g/mol. The number of aromatic nitrogens is 3. The van der Waals surface area contributed by atoms with Crippen LogP contribution in [-0.4, -0.2) is 64.5 Å². The Balaban J connectivity index is 1.10. The fraction of sp³-hybridized carbons (Fsp3) is 0.610. The average Bonchev–Trinajstić information content (AvgIpc) is 3.61. The number of aryl methyl sites for hydroxylation is 2. The van der Waals surface area contributed by atoms with E-state index in [4.69, 9.17) is 14.5 Å². The third-order valence-corrected chi connectivity index (χ3v) is 12.5. The van der Waals surface area contributed by atoms with Crippen molar-refractivity contribution in [2.75, 3.05) is 31.6 Å². The van der Waals surface area contributed by atoms with Crippen molar-refractivity contribution in [3.05, 3.63) is 59.5 Å². The lowest BCUT2D eigenvalue weighted by molar-refractivity contribution is -0.124. The first-order chi connectivity index (χ1) is 24.0. The Morgan fingerprint density at radius 3 is 2.20 bits per heavy atom. The van der Waals surface area contributed by atoms with Crippen molar-refractivity contribution in [2.24, 2.45) is 17.3 Å². The summed E-state index contributed by atoms with van der Waals surface area (Å²) in [5, 5.41) is 4.57. The van der Waals surface area contributed by atoms with E-state index in [0.717, 1.165) is 100.0 Å². The molecule has 5 fully saturated rings. The maximum Gasteiger partial charge on any atom is 0.410 e. The maximum absolute atomic E-state index is 14.7. The van der Waals surface area contributed by atoms with Crippen molar-refractivity contribution in [2.45, 2.75) is 116 Å². The van der Waals surface area contributed by atoms with E-state index in [1.807, 2.05) is 28.0 Å². The lowest BCUT2D eigenvalue weighted by Gasteiger charge is -2.55. The number of likely N-dealkylation sites (tertiary alicyclic amines) is 1. The topological polar surface area (TPSA) is 89.8 Å². The Hall–Kier alpha value is -3.88. The molecule has 9 nitrogen and oxygen atoms in total. The van der Waals surface area contributed by atoms with Crippen LogP contribution in [0.2, 0.25) is 0 Å². The van der Waals surface area contributed by atoms with Crippen LogP contribution in [0.25, 0.3) is 11.1 Å². The van der Waals surface area contributed by atoms with Crippen molar-refractivity contribution in [1.82, 2.24) is 19.7 Å². The molecule has 2 bridgehead atoms. The van der Waals surface area contributed by atoms with Crippen LogP contribution in [0.15, 0.2) is 42.9 Å². The predicted octanol–water partition coefficient (Wildman–Crippen LogP) is 8.42. The Kier molecular flexibility index (Phi) is 9.46. The molecule has 8 rings (SSSR count). The minimum Gasteiger partial charge on any atom is -0.496 e. The first kappa shape index (κ1) is 34.6. The van der Waals surface area contributed by atoms with Crippen LogP contribution < -0.4 is 9.64 Å². The Morgan fingerprint density at radius 1 is 0.960 bits per heavy atom.